The van der Waals surface area contributed by atoms with Gasteiger partial charge in [0.1, 0.15) is 5.82 Å². The van der Waals surface area contributed by atoms with Gasteiger partial charge >= 0.3 is 11.8 Å². The maximum Gasteiger partial charge on any atom is 0.339 e. The molecule has 0 unspecified atom stereocenters. The molecule has 3 amide bonds. The van der Waals surface area contributed by atoms with Gasteiger partial charge in [-0.25, -0.2) is 14.2 Å². The lowest BCUT2D eigenvalue weighted by atomic mass is 10.1. The van der Waals surface area contributed by atoms with Crippen molar-refractivity contribution in [2.24, 2.45) is 4.99 Å². The summed E-state index contributed by atoms with van der Waals surface area (Å²) in [5, 5.41) is 0. The van der Waals surface area contributed by atoms with Crippen LogP contribution in [0.25, 0.3) is 0 Å². The molecule has 0 spiro atoms. The molecule has 0 saturated carbocycles. The predicted octanol–water partition coefficient (Wildman–Crippen LogP) is 1.32. The van der Waals surface area contributed by atoms with E-state index in [1.165, 1.54) is 12.1 Å². The van der Waals surface area contributed by atoms with Crippen molar-refractivity contribution in [2.75, 3.05) is 4.90 Å². The lowest BCUT2D eigenvalue weighted by molar-refractivity contribution is -0.139. The Balaban J connectivity index is 2.21. The standard InChI is InChI=1S/C14H9F2N3O3/c1-6-3-8(15)9(4-7(6)2)18-11(20)5-10(16)19-13(22)12(21)17-14(18)19/h3-5H,1-2H3. The molecule has 0 aliphatic carbocycles. The van der Waals surface area contributed by atoms with E-state index >= 15 is 0 Å². The first-order valence-corrected chi connectivity index (χ1v) is 6.26. The average Bonchev–Trinajstić information content (AvgIpc) is 2.71. The van der Waals surface area contributed by atoms with Gasteiger partial charge in [-0.15, -0.1) is 0 Å². The van der Waals surface area contributed by atoms with Crippen LogP contribution in [0, 0.1) is 19.7 Å². The van der Waals surface area contributed by atoms with Gasteiger partial charge in [0, 0.05) is 0 Å². The average molecular weight is 305 g/mol. The van der Waals surface area contributed by atoms with E-state index in [0.29, 0.717) is 27.0 Å². The third kappa shape index (κ3) is 1.84. The molecule has 2 aliphatic rings. The molecule has 0 radical (unpaired) electrons. The number of anilines is 1. The number of hydrogen-bond acceptors (Lipinski definition) is 3. The number of aliphatic imine (C=N–C) groups is 1. The van der Waals surface area contributed by atoms with Gasteiger partial charge in [-0.2, -0.15) is 9.38 Å². The predicted molar refractivity (Wildman–Crippen MR) is 71.8 cm³/mol. The molecule has 1 aromatic rings. The molecule has 0 bridgehead atoms. The summed E-state index contributed by atoms with van der Waals surface area (Å²) in [6.07, 6.45) is 0.504. The molecular weight excluding hydrogens is 296 g/mol. The highest BCUT2D eigenvalue weighted by atomic mass is 19.1. The molecule has 22 heavy (non-hydrogen) atoms. The molecule has 0 fully saturated rings. The molecule has 112 valence electrons. The first-order chi connectivity index (χ1) is 10.3. The number of fused-ring (bicyclic) bond motifs is 1. The smallest absolute Gasteiger partial charge is 0.269 e. The molecule has 6 nitrogen and oxygen atoms in total. The highest BCUT2D eigenvalue weighted by Crippen LogP contribution is 2.30. The van der Waals surface area contributed by atoms with Crippen molar-refractivity contribution in [3.63, 3.8) is 0 Å². The minimum atomic E-state index is -1.23. The quantitative estimate of drug-likeness (QED) is 0.580. The number of carbonyl (C=O) groups is 3. The third-order valence-corrected chi connectivity index (χ3v) is 3.47. The van der Waals surface area contributed by atoms with Crippen molar-refractivity contribution in [3.8, 4) is 0 Å². The van der Waals surface area contributed by atoms with Crippen molar-refractivity contribution in [1.82, 2.24) is 4.90 Å². The Labute approximate surface area is 123 Å². The maximum absolute atomic E-state index is 14.2. The Kier molecular flexibility index (Phi) is 2.91. The summed E-state index contributed by atoms with van der Waals surface area (Å²) in [4.78, 5) is 39.4. The van der Waals surface area contributed by atoms with E-state index in [0.717, 1.165) is 0 Å². The van der Waals surface area contributed by atoms with E-state index in [4.69, 9.17) is 0 Å². The van der Waals surface area contributed by atoms with Gasteiger partial charge in [-0.3, -0.25) is 14.4 Å². The summed E-state index contributed by atoms with van der Waals surface area (Å²) >= 11 is 0. The van der Waals surface area contributed by atoms with E-state index in [-0.39, 0.29) is 5.69 Å². The fraction of sp³-hybridized carbons (Fsp3) is 0.143. The van der Waals surface area contributed by atoms with Gasteiger partial charge < -0.3 is 0 Å². The van der Waals surface area contributed by atoms with Crippen LogP contribution in [0.4, 0.5) is 14.5 Å². The number of halogens is 2. The fourth-order valence-corrected chi connectivity index (χ4v) is 2.21. The summed E-state index contributed by atoms with van der Waals surface area (Å²) in [6.45, 7) is 3.39. The number of nitrogens with zero attached hydrogens (tertiary/aromatic N) is 3. The minimum Gasteiger partial charge on any atom is -0.269 e. The first kappa shape index (κ1) is 14.1. The summed E-state index contributed by atoms with van der Waals surface area (Å²) in [7, 11) is 0. The van der Waals surface area contributed by atoms with Gasteiger partial charge in [0.15, 0.2) is 0 Å². The van der Waals surface area contributed by atoms with Crippen molar-refractivity contribution in [3.05, 3.63) is 41.1 Å². The van der Waals surface area contributed by atoms with E-state index in [9.17, 15) is 23.2 Å². The Hall–Kier alpha value is -2.90. The summed E-state index contributed by atoms with van der Waals surface area (Å²) in [6, 6.07) is 2.57. The Morgan fingerprint density at radius 2 is 1.64 bits per heavy atom. The topological polar surface area (TPSA) is 70.1 Å². The zero-order valence-electron chi connectivity index (χ0n) is 11.6. The largest absolute Gasteiger partial charge is 0.339 e. The van der Waals surface area contributed by atoms with Gasteiger partial charge in [0.25, 0.3) is 5.91 Å². The van der Waals surface area contributed by atoms with E-state index in [2.05, 4.69) is 4.99 Å². The van der Waals surface area contributed by atoms with Crippen LogP contribution in [0.5, 0.6) is 0 Å². The number of aryl methyl sites for hydroxylation is 2. The van der Waals surface area contributed by atoms with Crippen molar-refractivity contribution >= 4 is 29.4 Å². The fourth-order valence-electron chi connectivity index (χ4n) is 2.21. The number of guanidine groups is 1. The molecular formula is C14H9F2N3O3. The van der Waals surface area contributed by atoms with Gasteiger partial charge in [0.05, 0.1) is 11.8 Å². The molecule has 0 atom stereocenters. The van der Waals surface area contributed by atoms with E-state index < -0.39 is 35.4 Å². The second kappa shape index (κ2) is 4.55. The molecule has 2 aliphatic heterocycles. The highest BCUT2D eigenvalue weighted by molar-refractivity contribution is 6.48. The zero-order valence-corrected chi connectivity index (χ0v) is 11.6. The number of rotatable bonds is 1. The van der Waals surface area contributed by atoms with Crippen molar-refractivity contribution < 1.29 is 23.2 Å². The van der Waals surface area contributed by atoms with E-state index in [1.54, 1.807) is 13.8 Å². The molecule has 0 aromatic heterocycles. The number of benzene rings is 1. The SMILES string of the molecule is Cc1cc(F)c(N2C(=O)C=C(F)N3C(=O)C(=O)N=C32)cc1C. The van der Waals surface area contributed by atoms with Crippen LogP contribution < -0.4 is 4.90 Å². The first-order valence-electron chi connectivity index (χ1n) is 6.26. The van der Waals surface area contributed by atoms with Gasteiger partial charge in [0.2, 0.25) is 11.9 Å². The van der Waals surface area contributed by atoms with Gasteiger partial charge in [-0.1, -0.05) is 0 Å². The molecule has 1 aromatic carbocycles. The monoisotopic (exact) mass is 305 g/mol. The van der Waals surface area contributed by atoms with Crippen LogP contribution in [0.1, 0.15) is 11.1 Å². The molecule has 8 heteroatoms. The normalized spacial score (nSPS) is 17.7. The summed E-state index contributed by atoms with van der Waals surface area (Å²) < 4.78 is 27.9. The Morgan fingerprint density at radius 3 is 2.32 bits per heavy atom. The molecule has 3 rings (SSSR count). The number of hydrogen-bond donors (Lipinski definition) is 0. The van der Waals surface area contributed by atoms with Crippen LogP contribution in [-0.2, 0) is 14.4 Å². The van der Waals surface area contributed by atoms with Crippen LogP contribution in [-0.4, -0.2) is 28.6 Å². The lowest BCUT2D eigenvalue weighted by Gasteiger charge is -2.29. The maximum atomic E-state index is 14.2. The minimum absolute atomic E-state index is 0.205. The second-order valence-electron chi connectivity index (χ2n) is 4.89. The van der Waals surface area contributed by atoms with Crippen LogP contribution in [0.2, 0.25) is 0 Å². The van der Waals surface area contributed by atoms with Gasteiger partial charge in [-0.05, 0) is 37.1 Å². The summed E-state index contributed by atoms with van der Waals surface area (Å²) in [5.74, 6) is -5.91. The highest BCUT2D eigenvalue weighted by Gasteiger charge is 2.45. The molecule has 2 heterocycles. The van der Waals surface area contributed by atoms with Crippen molar-refractivity contribution in [2.45, 2.75) is 13.8 Å². The number of carbonyl (C=O) groups excluding carboxylic acids is 3. The lowest BCUT2D eigenvalue weighted by Crippen LogP contribution is -2.49. The van der Waals surface area contributed by atoms with Crippen LogP contribution >= 0.6 is 0 Å². The molecule has 0 N–H and O–H groups in total. The summed E-state index contributed by atoms with van der Waals surface area (Å²) in [5.41, 5.74) is 1.13. The zero-order chi connectivity index (χ0) is 16.2. The van der Waals surface area contributed by atoms with Crippen LogP contribution in [0.15, 0.2) is 29.2 Å². The molecule has 0 saturated heterocycles. The Bertz CT molecular complexity index is 814. The van der Waals surface area contributed by atoms with Crippen molar-refractivity contribution in [1.29, 1.82) is 0 Å². The Morgan fingerprint density at radius 1 is 1.00 bits per heavy atom. The van der Waals surface area contributed by atoms with E-state index in [1.807, 2.05) is 0 Å². The third-order valence-electron chi connectivity index (χ3n) is 3.47. The number of amides is 3. The second-order valence-corrected chi connectivity index (χ2v) is 4.89. The van der Waals surface area contributed by atoms with Crippen LogP contribution in [0.3, 0.4) is 0 Å².